The fourth-order valence-electron chi connectivity index (χ4n) is 1.85. The molecule has 0 bridgehead atoms. The number of likely N-dealkylation sites (N-methyl/N-ethyl adjacent to an activating group) is 1. The van der Waals surface area contributed by atoms with E-state index in [4.69, 9.17) is 0 Å². The molecule has 2 rings (SSSR count). The first-order chi connectivity index (χ1) is 9.79. The molecule has 2 aromatic rings. The Morgan fingerprint density at radius 1 is 1.10 bits per heavy atom. The Bertz CT molecular complexity index is 530. The molecule has 5 nitrogen and oxygen atoms in total. The Hall–Kier alpha value is -2.43. The van der Waals surface area contributed by atoms with Crippen molar-refractivity contribution in [3.63, 3.8) is 0 Å². The molecule has 0 radical (unpaired) electrons. The minimum absolute atomic E-state index is 0.0900. The number of hydrogen-bond donors (Lipinski definition) is 1. The zero-order valence-electron chi connectivity index (χ0n) is 11.5. The van der Waals surface area contributed by atoms with Crippen molar-refractivity contribution in [1.82, 2.24) is 14.9 Å². The van der Waals surface area contributed by atoms with Gasteiger partial charge in [-0.3, -0.25) is 9.97 Å². The second-order valence-electron chi connectivity index (χ2n) is 4.35. The zero-order valence-corrected chi connectivity index (χ0v) is 11.5. The van der Waals surface area contributed by atoms with Gasteiger partial charge in [-0.1, -0.05) is 0 Å². The van der Waals surface area contributed by atoms with E-state index in [0.29, 0.717) is 13.1 Å². The maximum Gasteiger partial charge on any atom is 0.321 e. The maximum atomic E-state index is 12.1. The molecule has 0 aromatic carbocycles. The summed E-state index contributed by atoms with van der Waals surface area (Å²) in [6, 6.07) is 7.39. The highest BCUT2D eigenvalue weighted by Crippen LogP contribution is 2.06. The van der Waals surface area contributed by atoms with E-state index in [-0.39, 0.29) is 6.03 Å². The molecule has 2 aromatic heterocycles. The van der Waals surface area contributed by atoms with Gasteiger partial charge < -0.3 is 10.2 Å². The number of amides is 2. The van der Waals surface area contributed by atoms with Crippen LogP contribution in [0.4, 0.5) is 10.5 Å². The van der Waals surface area contributed by atoms with Crippen LogP contribution in [0, 0.1) is 0 Å². The number of rotatable bonds is 5. The Kier molecular flexibility index (Phi) is 5.06. The van der Waals surface area contributed by atoms with Gasteiger partial charge in [-0.2, -0.15) is 0 Å². The number of hydrogen-bond acceptors (Lipinski definition) is 3. The third-order valence-corrected chi connectivity index (χ3v) is 3.02. The van der Waals surface area contributed by atoms with Gasteiger partial charge in [-0.25, -0.2) is 4.79 Å². The SMILES string of the molecule is CCN(CCc1ccncc1)C(=O)Nc1ccncc1. The normalized spacial score (nSPS) is 10.1. The van der Waals surface area contributed by atoms with Gasteiger partial charge in [0.05, 0.1) is 0 Å². The van der Waals surface area contributed by atoms with Crippen molar-refractivity contribution >= 4 is 11.7 Å². The molecule has 5 heteroatoms. The van der Waals surface area contributed by atoms with E-state index >= 15 is 0 Å². The highest BCUT2D eigenvalue weighted by Gasteiger charge is 2.11. The number of nitrogens with one attached hydrogen (secondary N) is 1. The lowest BCUT2D eigenvalue weighted by molar-refractivity contribution is 0.215. The number of nitrogens with zero attached hydrogens (tertiary/aromatic N) is 3. The molecule has 0 saturated heterocycles. The highest BCUT2D eigenvalue weighted by molar-refractivity contribution is 5.89. The van der Waals surface area contributed by atoms with E-state index < -0.39 is 0 Å². The summed E-state index contributed by atoms with van der Waals surface area (Å²) in [6.07, 6.45) is 7.66. The van der Waals surface area contributed by atoms with Crippen molar-refractivity contribution in [3.8, 4) is 0 Å². The molecule has 0 unspecified atom stereocenters. The topological polar surface area (TPSA) is 58.1 Å². The van der Waals surface area contributed by atoms with Gasteiger partial charge in [0.25, 0.3) is 0 Å². The second-order valence-corrected chi connectivity index (χ2v) is 4.35. The zero-order chi connectivity index (χ0) is 14.2. The highest BCUT2D eigenvalue weighted by atomic mass is 16.2. The number of urea groups is 1. The predicted molar refractivity (Wildman–Crippen MR) is 78.4 cm³/mol. The molecule has 2 heterocycles. The molecule has 1 N–H and O–H groups in total. The summed E-state index contributed by atoms with van der Waals surface area (Å²) < 4.78 is 0. The first-order valence-electron chi connectivity index (χ1n) is 6.64. The first-order valence-corrected chi connectivity index (χ1v) is 6.64. The molecule has 2 amide bonds. The van der Waals surface area contributed by atoms with Gasteiger partial charge in [0.15, 0.2) is 0 Å². The maximum absolute atomic E-state index is 12.1. The smallest absolute Gasteiger partial charge is 0.321 e. The van der Waals surface area contributed by atoms with Crippen molar-refractivity contribution in [3.05, 3.63) is 54.6 Å². The van der Waals surface area contributed by atoms with Gasteiger partial charge in [0.1, 0.15) is 0 Å². The van der Waals surface area contributed by atoms with E-state index in [2.05, 4.69) is 15.3 Å². The number of carbonyl (C=O) groups excluding carboxylic acids is 1. The van der Waals surface area contributed by atoms with Gasteiger partial charge in [-0.15, -0.1) is 0 Å². The standard InChI is InChI=1S/C15H18N4O/c1-2-19(12-7-13-3-8-16-9-4-13)15(20)18-14-5-10-17-11-6-14/h3-6,8-11H,2,7,12H2,1H3,(H,17,18,20). The summed E-state index contributed by atoms with van der Waals surface area (Å²) in [4.78, 5) is 21.8. The molecule has 0 aliphatic rings. The molecule has 0 atom stereocenters. The Balaban J connectivity index is 1.89. The number of aromatic nitrogens is 2. The van der Waals surface area contributed by atoms with Crippen LogP contribution in [0.2, 0.25) is 0 Å². The van der Waals surface area contributed by atoms with E-state index in [0.717, 1.165) is 12.1 Å². The summed E-state index contributed by atoms with van der Waals surface area (Å²) >= 11 is 0. The summed E-state index contributed by atoms with van der Waals surface area (Å²) in [5.74, 6) is 0. The van der Waals surface area contributed by atoms with Crippen molar-refractivity contribution in [2.24, 2.45) is 0 Å². The lowest BCUT2D eigenvalue weighted by atomic mass is 10.2. The summed E-state index contributed by atoms with van der Waals surface area (Å²) in [7, 11) is 0. The van der Waals surface area contributed by atoms with Crippen LogP contribution in [0.5, 0.6) is 0 Å². The first kappa shape index (κ1) is 14.0. The summed E-state index contributed by atoms with van der Waals surface area (Å²) in [5.41, 5.74) is 1.93. The molecule has 104 valence electrons. The van der Waals surface area contributed by atoms with Crippen LogP contribution >= 0.6 is 0 Å². The molecular formula is C15H18N4O. The number of carbonyl (C=O) groups is 1. The van der Waals surface area contributed by atoms with Crippen LogP contribution in [0.1, 0.15) is 12.5 Å². The van der Waals surface area contributed by atoms with Crippen molar-refractivity contribution < 1.29 is 4.79 Å². The predicted octanol–water partition coefficient (Wildman–Crippen LogP) is 2.57. The fraction of sp³-hybridized carbons (Fsp3) is 0.267. The van der Waals surface area contributed by atoms with E-state index in [9.17, 15) is 4.79 Å². The second kappa shape index (κ2) is 7.23. The van der Waals surface area contributed by atoms with E-state index in [1.165, 1.54) is 5.56 Å². The van der Waals surface area contributed by atoms with Gasteiger partial charge >= 0.3 is 6.03 Å². The van der Waals surface area contributed by atoms with Crippen LogP contribution in [0.3, 0.4) is 0 Å². The monoisotopic (exact) mass is 270 g/mol. The van der Waals surface area contributed by atoms with Crippen LogP contribution < -0.4 is 5.32 Å². The van der Waals surface area contributed by atoms with Crippen LogP contribution in [-0.2, 0) is 6.42 Å². The third kappa shape index (κ3) is 4.05. The Morgan fingerprint density at radius 2 is 1.70 bits per heavy atom. The number of anilines is 1. The van der Waals surface area contributed by atoms with E-state index in [1.807, 2.05) is 19.1 Å². The van der Waals surface area contributed by atoms with Crippen LogP contribution in [0.25, 0.3) is 0 Å². The fourth-order valence-corrected chi connectivity index (χ4v) is 1.85. The van der Waals surface area contributed by atoms with Crippen molar-refractivity contribution in [2.75, 3.05) is 18.4 Å². The summed E-state index contributed by atoms with van der Waals surface area (Å²) in [6.45, 7) is 3.32. The van der Waals surface area contributed by atoms with Crippen molar-refractivity contribution in [1.29, 1.82) is 0 Å². The summed E-state index contributed by atoms with van der Waals surface area (Å²) in [5, 5.41) is 2.86. The Labute approximate surface area is 118 Å². The van der Waals surface area contributed by atoms with Gasteiger partial charge in [-0.05, 0) is 43.2 Å². The molecular weight excluding hydrogens is 252 g/mol. The average Bonchev–Trinajstić information content (AvgIpc) is 2.50. The average molecular weight is 270 g/mol. The lowest BCUT2D eigenvalue weighted by Crippen LogP contribution is -2.36. The molecule has 0 spiro atoms. The van der Waals surface area contributed by atoms with Gasteiger partial charge in [0.2, 0.25) is 0 Å². The van der Waals surface area contributed by atoms with Crippen molar-refractivity contribution in [2.45, 2.75) is 13.3 Å². The minimum atomic E-state index is -0.0900. The quantitative estimate of drug-likeness (QED) is 0.908. The molecule has 0 saturated carbocycles. The van der Waals surface area contributed by atoms with Crippen LogP contribution in [-0.4, -0.2) is 34.0 Å². The number of pyridine rings is 2. The molecule has 0 fully saturated rings. The lowest BCUT2D eigenvalue weighted by Gasteiger charge is -2.21. The third-order valence-electron chi connectivity index (χ3n) is 3.02. The van der Waals surface area contributed by atoms with Crippen LogP contribution in [0.15, 0.2) is 49.1 Å². The largest absolute Gasteiger partial charge is 0.324 e. The molecule has 20 heavy (non-hydrogen) atoms. The van der Waals surface area contributed by atoms with E-state index in [1.54, 1.807) is 41.8 Å². The molecule has 0 aliphatic carbocycles. The Morgan fingerprint density at radius 3 is 2.30 bits per heavy atom. The van der Waals surface area contributed by atoms with Gasteiger partial charge in [0, 0.05) is 43.6 Å². The minimum Gasteiger partial charge on any atom is -0.324 e. The molecule has 0 aliphatic heterocycles.